The van der Waals surface area contributed by atoms with Gasteiger partial charge in [0.2, 0.25) is 0 Å². The molecule has 2 aliphatic rings. The first kappa shape index (κ1) is 22.7. The van der Waals surface area contributed by atoms with Gasteiger partial charge in [0.15, 0.2) is 0 Å². The van der Waals surface area contributed by atoms with E-state index in [-0.39, 0.29) is 12.1 Å². The molecule has 7 rings (SSSR count). The van der Waals surface area contributed by atoms with E-state index in [1.807, 2.05) is 65.7 Å². The first-order valence-corrected chi connectivity index (χ1v) is 16.0. The molecule has 0 unspecified atom stereocenters. The van der Waals surface area contributed by atoms with Crippen molar-refractivity contribution in [3.05, 3.63) is 115 Å². The van der Waals surface area contributed by atoms with Gasteiger partial charge in [0.05, 0.1) is 0 Å². The molecule has 4 aromatic carbocycles. The number of pyridine rings is 1. The Morgan fingerprint density at radius 1 is 0.756 bits per heavy atom. The van der Waals surface area contributed by atoms with Crippen molar-refractivity contribution in [2.45, 2.75) is 26.2 Å². The number of fused-ring (bicyclic) bond motifs is 3. The maximum atomic E-state index is 8.05. The van der Waals surface area contributed by atoms with Gasteiger partial charge in [-0.3, -0.25) is 0 Å². The predicted molar refractivity (Wildman–Crippen MR) is 171 cm³/mol. The molecule has 5 nitrogen and oxygen atoms in total. The molecule has 204 valence electrons. The van der Waals surface area contributed by atoms with Crippen LogP contribution < -0.4 is 26.7 Å². The van der Waals surface area contributed by atoms with Gasteiger partial charge in [-0.2, -0.15) is 0 Å². The van der Waals surface area contributed by atoms with E-state index in [9.17, 15) is 0 Å². The van der Waals surface area contributed by atoms with Crippen molar-refractivity contribution in [3.8, 4) is 11.5 Å². The van der Waals surface area contributed by atoms with Gasteiger partial charge in [0, 0.05) is 4.11 Å². The molecule has 0 spiro atoms. The average Bonchev–Trinajstić information content (AvgIpc) is 3.40. The van der Waals surface area contributed by atoms with Gasteiger partial charge in [-0.25, -0.2) is 0 Å². The van der Waals surface area contributed by atoms with Crippen molar-refractivity contribution in [2.24, 2.45) is 0 Å². The Morgan fingerprint density at radius 2 is 1.51 bits per heavy atom. The monoisotopic (exact) mass is 657 g/mol. The number of para-hydroxylation sites is 3. The van der Waals surface area contributed by atoms with Crippen LogP contribution in [-0.2, 0) is 5.41 Å². The van der Waals surface area contributed by atoms with E-state index in [1.165, 1.54) is 23.4 Å². The fraction of sp³-hybridized carbons (Fsp3) is 0.171. The molecular formula is C35H32N4OTe. The zero-order valence-corrected chi connectivity index (χ0v) is 25.5. The zero-order chi connectivity index (χ0) is 30.6. The maximum absolute atomic E-state index is 8.05. The number of hydrogen-bond acceptors (Lipinski definition) is 5. The normalized spacial score (nSPS) is 15.4. The van der Waals surface area contributed by atoms with E-state index < -0.39 is 27.9 Å². The minimum absolute atomic E-state index is 0.00360. The Balaban J connectivity index is 1.23. The molecule has 0 bridgehead atoms. The van der Waals surface area contributed by atoms with Crippen LogP contribution in [0, 0.1) is 0 Å². The van der Waals surface area contributed by atoms with Crippen molar-refractivity contribution < 1.29 is 8.85 Å². The quantitative estimate of drug-likeness (QED) is 0.189. The van der Waals surface area contributed by atoms with E-state index in [1.54, 1.807) is 0 Å². The molecule has 0 N–H and O–H groups in total. The van der Waals surface area contributed by atoms with Crippen LogP contribution >= 0.6 is 0 Å². The summed E-state index contributed by atoms with van der Waals surface area (Å²) in [6.07, 6.45) is 1.90. The molecular weight excluding hydrogens is 620 g/mol. The van der Waals surface area contributed by atoms with Crippen LogP contribution in [0.3, 0.4) is 0 Å². The molecule has 0 amide bonds. The van der Waals surface area contributed by atoms with Crippen molar-refractivity contribution in [1.82, 2.24) is 4.98 Å². The fourth-order valence-electron chi connectivity index (χ4n) is 5.34. The molecule has 0 saturated heterocycles. The first-order valence-electron chi connectivity index (χ1n) is 15.2. The minimum atomic E-state index is -2.24. The van der Waals surface area contributed by atoms with E-state index in [2.05, 4.69) is 74.2 Å². The molecule has 3 heterocycles. The van der Waals surface area contributed by atoms with Gasteiger partial charge in [-0.1, -0.05) is 6.07 Å². The number of nitrogens with zero attached hydrogens (tertiary/aromatic N) is 4. The summed E-state index contributed by atoms with van der Waals surface area (Å²) in [5.74, 6) is 2.30. The molecule has 0 saturated carbocycles. The molecule has 6 heteroatoms. The second kappa shape index (κ2) is 10.1. The van der Waals surface area contributed by atoms with Gasteiger partial charge in [0.25, 0.3) is 0 Å². The van der Waals surface area contributed by atoms with Gasteiger partial charge in [0.1, 0.15) is 0 Å². The van der Waals surface area contributed by atoms with Gasteiger partial charge in [-0.05, 0) is 0 Å². The van der Waals surface area contributed by atoms with Crippen LogP contribution in [-0.4, -0.2) is 39.6 Å². The third-order valence-corrected chi connectivity index (χ3v) is 10.7. The third-order valence-electron chi connectivity index (χ3n) is 7.45. The number of rotatable bonds is 4. The van der Waals surface area contributed by atoms with Crippen LogP contribution in [0.15, 0.2) is 109 Å². The molecule has 0 fully saturated rings. The van der Waals surface area contributed by atoms with Crippen LogP contribution in [0.25, 0.3) is 0 Å². The summed E-state index contributed by atoms with van der Waals surface area (Å²) in [6, 6.07) is 34.7. The molecule has 0 aliphatic carbocycles. The van der Waals surface area contributed by atoms with E-state index in [0.29, 0.717) is 11.4 Å². The summed E-state index contributed by atoms with van der Waals surface area (Å²) in [5.41, 5.74) is 5.92. The number of benzene rings is 4. The van der Waals surface area contributed by atoms with Crippen molar-refractivity contribution in [2.75, 3.05) is 28.3 Å². The van der Waals surface area contributed by atoms with Crippen LogP contribution in [0.4, 0.5) is 34.3 Å². The average molecular weight is 655 g/mol. The van der Waals surface area contributed by atoms with Crippen LogP contribution in [0.2, 0.25) is 0 Å². The Bertz CT molecular complexity index is 1870. The molecule has 1 aromatic heterocycles. The van der Waals surface area contributed by atoms with Crippen LogP contribution in [0.5, 0.6) is 11.5 Å². The Kier molecular flexibility index (Phi) is 5.61. The Labute approximate surface area is 256 Å². The fourth-order valence-corrected chi connectivity index (χ4v) is 8.30. The van der Waals surface area contributed by atoms with E-state index >= 15 is 0 Å². The Hall–Kier alpha value is -3.98. The number of hydrogen-bond donors (Lipinski definition) is 0. The summed E-state index contributed by atoms with van der Waals surface area (Å²) in [4.78, 5) is 10.6. The summed E-state index contributed by atoms with van der Waals surface area (Å²) < 4.78 is 33.3. The van der Waals surface area contributed by atoms with Gasteiger partial charge < -0.3 is 0 Å². The second-order valence-corrected chi connectivity index (χ2v) is 14.4. The van der Waals surface area contributed by atoms with Gasteiger partial charge in [-0.15, -0.1) is 0 Å². The molecule has 5 aromatic rings. The number of anilines is 6. The SMILES string of the molecule is [2H]C([2H])([2H])N1CN(c2cccc(Oc3ccc4c(c3)N(c3cc(C(C)(C)C)ccn3)c3ccccc3[Te]4)c2)c2ccccc21. The van der Waals surface area contributed by atoms with E-state index in [0.717, 1.165) is 28.6 Å². The molecule has 0 atom stereocenters. The van der Waals surface area contributed by atoms with E-state index in [4.69, 9.17) is 13.8 Å². The topological polar surface area (TPSA) is 31.8 Å². The zero-order valence-electron chi connectivity index (χ0n) is 26.2. The van der Waals surface area contributed by atoms with Crippen molar-refractivity contribution in [3.63, 3.8) is 0 Å². The summed E-state index contributed by atoms with van der Waals surface area (Å²) >= 11 is -0.601. The summed E-state index contributed by atoms with van der Waals surface area (Å²) in [6.45, 7) is 4.66. The number of aromatic nitrogens is 1. The summed E-state index contributed by atoms with van der Waals surface area (Å²) in [7, 11) is 0. The van der Waals surface area contributed by atoms with Crippen molar-refractivity contribution >= 4 is 62.4 Å². The van der Waals surface area contributed by atoms with Crippen molar-refractivity contribution in [1.29, 1.82) is 0 Å². The second-order valence-electron chi connectivity index (χ2n) is 11.3. The molecule has 2 aliphatic heterocycles. The summed E-state index contributed by atoms with van der Waals surface area (Å²) in [5, 5.41) is 0. The van der Waals surface area contributed by atoms with Gasteiger partial charge >= 0.3 is 247 Å². The third kappa shape index (κ3) is 4.82. The first-order chi connectivity index (χ1) is 21.1. The molecule has 0 radical (unpaired) electrons. The number of ether oxygens (including phenoxy) is 1. The molecule has 41 heavy (non-hydrogen) atoms. The van der Waals surface area contributed by atoms with Crippen LogP contribution in [0.1, 0.15) is 30.4 Å². The Morgan fingerprint density at radius 3 is 2.34 bits per heavy atom. The standard InChI is InChI=1S/C35H32N4OTe/c1-35(2,3)24-18-19-36-34(20-24)39-30-14-7-8-15-32(30)41-33-17-16-27(22-31(33)39)40-26-11-9-10-25(21-26)38-23-37(4)28-12-5-6-13-29(28)38/h5-22H,23H2,1-4H3/i4D3. The predicted octanol–water partition coefficient (Wildman–Crippen LogP) is 7.16.